The standard InChI is InChI=1S/C9H21NO/c1-8(2)5-6-9(3,7-10)11-4/h8H,5-7,10H2,1-4H3/t9-/m1/s1. The van der Waals surface area contributed by atoms with Crippen LogP contribution in [0.4, 0.5) is 0 Å². The van der Waals surface area contributed by atoms with Crippen molar-refractivity contribution in [2.45, 2.75) is 39.2 Å². The van der Waals surface area contributed by atoms with E-state index >= 15 is 0 Å². The average Bonchev–Trinajstić information content (AvgIpc) is 2.00. The van der Waals surface area contributed by atoms with E-state index in [1.807, 2.05) is 0 Å². The van der Waals surface area contributed by atoms with E-state index in [0.29, 0.717) is 6.54 Å². The molecule has 0 aromatic rings. The van der Waals surface area contributed by atoms with Gasteiger partial charge in [-0.25, -0.2) is 0 Å². The SMILES string of the molecule is CO[C@@](C)(CN)CCC(C)C. The molecule has 1 atom stereocenters. The molecule has 0 aliphatic heterocycles. The summed E-state index contributed by atoms with van der Waals surface area (Å²) in [5.41, 5.74) is 5.47. The van der Waals surface area contributed by atoms with Gasteiger partial charge >= 0.3 is 0 Å². The molecule has 2 heteroatoms. The topological polar surface area (TPSA) is 35.2 Å². The highest BCUT2D eigenvalue weighted by Crippen LogP contribution is 2.18. The molecule has 0 fully saturated rings. The predicted octanol–water partition coefficient (Wildman–Crippen LogP) is 1.79. The van der Waals surface area contributed by atoms with Gasteiger partial charge in [0, 0.05) is 13.7 Å². The molecular weight excluding hydrogens is 138 g/mol. The lowest BCUT2D eigenvalue weighted by atomic mass is 9.95. The molecule has 0 saturated carbocycles. The van der Waals surface area contributed by atoms with Gasteiger partial charge in [0.1, 0.15) is 0 Å². The monoisotopic (exact) mass is 159 g/mol. The smallest absolute Gasteiger partial charge is 0.0772 e. The molecule has 0 aromatic heterocycles. The van der Waals surface area contributed by atoms with E-state index in [4.69, 9.17) is 10.5 Å². The van der Waals surface area contributed by atoms with Gasteiger partial charge in [0.15, 0.2) is 0 Å². The van der Waals surface area contributed by atoms with Crippen LogP contribution >= 0.6 is 0 Å². The fourth-order valence-corrected chi connectivity index (χ4v) is 0.881. The van der Waals surface area contributed by atoms with E-state index < -0.39 is 0 Å². The highest BCUT2D eigenvalue weighted by atomic mass is 16.5. The van der Waals surface area contributed by atoms with E-state index in [0.717, 1.165) is 12.3 Å². The fraction of sp³-hybridized carbons (Fsp3) is 1.00. The summed E-state index contributed by atoms with van der Waals surface area (Å²) in [6.45, 7) is 7.10. The number of ether oxygens (including phenoxy) is 1. The van der Waals surface area contributed by atoms with Crippen LogP contribution in [-0.4, -0.2) is 19.3 Å². The lowest BCUT2D eigenvalue weighted by molar-refractivity contribution is 0.00276. The molecule has 11 heavy (non-hydrogen) atoms. The van der Waals surface area contributed by atoms with Crippen LogP contribution in [0.3, 0.4) is 0 Å². The summed E-state index contributed by atoms with van der Waals surface area (Å²) in [6.07, 6.45) is 2.24. The van der Waals surface area contributed by atoms with Crippen molar-refractivity contribution in [1.82, 2.24) is 0 Å². The van der Waals surface area contributed by atoms with Crippen LogP contribution < -0.4 is 5.73 Å². The van der Waals surface area contributed by atoms with Crippen LogP contribution in [0.15, 0.2) is 0 Å². The quantitative estimate of drug-likeness (QED) is 0.663. The first-order chi connectivity index (χ1) is 5.04. The Kier molecular flexibility index (Phi) is 4.69. The molecule has 2 N–H and O–H groups in total. The zero-order valence-corrected chi connectivity index (χ0v) is 8.18. The van der Waals surface area contributed by atoms with Crippen LogP contribution in [0.25, 0.3) is 0 Å². The maximum absolute atomic E-state index is 5.58. The van der Waals surface area contributed by atoms with E-state index in [1.165, 1.54) is 6.42 Å². The Morgan fingerprint density at radius 3 is 2.27 bits per heavy atom. The van der Waals surface area contributed by atoms with Gasteiger partial charge in [-0.3, -0.25) is 0 Å². The third-order valence-corrected chi connectivity index (χ3v) is 2.18. The van der Waals surface area contributed by atoms with Crippen molar-refractivity contribution in [3.05, 3.63) is 0 Å². The Bertz CT molecular complexity index is 97.7. The number of methoxy groups -OCH3 is 1. The molecule has 0 aliphatic rings. The molecule has 68 valence electrons. The molecule has 0 unspecified atom stereocenters. The Morgan fingerprint density at radius 1 is 1.45 bits per heavy atom. The normalized spacial score (nSPS) is 16.9. The summed E-state index contributed by atoms with van der Waals surface area (Å²) >= 11 is 0. The minimum absolute atomic E-state index is 0.107. The van der Waals surface area contributed by atoms with Crippen LogP contribution in [0.5, 0.6) is 0 Å². The molecule has 0 aromatic carbocycles. The summed E-state index contributed by atoms with van der Waals surface area (Å²) < 4.78 is 5.31. The van der Waals surface area contributed by atoms with Crippen molar-refractivity contribution < 1.29 is 4.74 Å². The van der Waals surface area contributed by atoms with Crippen LogP contribution in [-0.2, 0) is 4.74 Å². The highest BCUT2D eigenvalue weighted by molar-refractivity contribution is 4.75. The highest BCUT2D eigenvalue weighted by Gasteiger charge is 2.20. The largest absolute Gasteiger partial charge is 0.377 e. The maximum atomic E-state index is 5.58. The van der Waals surface area contributed by atoms with Gasteiger partial charge in [0.25, 0.3) is 0 Å². The van der Waals surface area contributed by atoms with Gasteiger partial charge in [0.2, 0.25) is 0 Å². The van der Waals surface area contributed by atoms with Crippen molar-refractivity contribution >= 4 is 0 Å². The summed E-state index contributed by atoms with van der Waals surface area (Å²) in [5.74, 6) is 0.732. The Balaban J connectivity index is 3.69. The molecule has 0 aliphatic carbocycles. The molecule has 0 saturated heterocycles. The summed E-state index contributed by atoms with van der Waals surface area (Å²) in [7, 11) is 1.73. The number of hydrogen-bond acceptors (Lipinski definition) is 2. The Hall–Kier alpha value is -0.0800. The number of rotatable bonds is 5. The van der Waals surface area contributed by atoms with Gasteiger partial charge in [-0.2, -0.15) is 0 Å². The maximum Gasteiger partial charge on any atom is 0.0772 e. The van der Waals surface area contributed by atoms with Crippen molar-refractivity contribution in [1.29, 1.82) is 0 Å². The number of hydrogen-bond donors (Lipinski definition) is 1. The summed E-state index contributed by atoms with van der Waals surface area (Å²) in [5, 5.41) is 0. The fourth-order valence-electron chi connectivity index (χ4n) is 0.881. The van der Waals surface area contributed by atoms with Crippen LogP contribution in [0, 0.1) is 5.92 Å². The van der Waals surface area contributed by atoms with Crippen LogP contribution in [0.1, 0.15) is 33.6 Å². The third-order valence-electron chi connectivity index (χ3n) is 2.18. The van der Waals surface area contributed by atoms with Gasteiger partial charge in [-0.1, -0.05) is 13.8 Å². The first-order valence-electron chi connectivity index (χ1n) is 4.29. The zero-order valence-electron chi connectivity index (χ0n) is 8.18. The minimum atomic E-state index is -0.107. The van der Waals surface area contributed by atoms with Gasteiger partial charge in [-0.15, -0.1) is 0 Å². The van der Waals surface area contributed by atoms with E-state index in [9.17, 15) is 0 Å². The zero-order chi connectivity index (χ0) is 8.91. The third kappa shape index (κ3) is 4.38. The molecule has 0 heterocycles. The minimum Gasteiger partial charge on any atom is -0.377 e. The van der Waals surface area contributed by atoms with Gasteiger partial charge < -0.3 is 10.5 Å². The second-order valence-corrected chi connectivity index (χ2v) is 3.79. The van der Waals surface area contributed by atoms with Crippen molar-refractivity contribution in [3.63, 3.8) is 0 Å². The second-order valence-electron chi connectivity index (χ2n) is 3.79. The first-order valence-corrected chi connectivity index (χ1v) is 4.29. The Labute approximate surface area is 70.1 Å². The molecule has 0 spiro atoms. The average molecular weight is 159 g/mol. The van der Waals surface area contributed by atoms with Crippen molar-refractivity contribution in [2.24, 2.45) is 11.7 Å². The number of nitrogens with two attached hydrogens (primary N) is 1. The first kappa shape index (κ1) is 10.9. The molecule has 0 amide bonds. The van der Waals surface area contributed by atoms with E-state index in [1.54, 1.807) is 7.11 Å². The molecule has 0 bridgehead atoms. The lowest BCUT2D eigenvalue weighted by Gasteiger charge is -2.26. The molecule has 0 rings (SSSR count). The van der Waals surface area contributed by atoms with Crippen molar-refractivity contribution in [3.8, 4) is 0 Å². The van der Waals surface area contributed by atoms with Crippen molar-refractivity contribution in [2.75, 3.05) is 13.7 Å². The molecule has 0 radical (unpaired) electrons. The lowest BCUT2D eigenvalue weighted by Crippen LogP contribution is -2.36. The second kappa shape index (κ2) is 4.73. The van der Waals surface area contributed by atoms with E-state index in [-0.39, 0.29) is 5.60 Å². The van der Waals surface area contributed by atoms with Gasteiger partial charge in [-0.05, 0) is 25.7 Å². The van der Waals surface area contributed by atoms with E-state index in [2.05, 4.69) is 20.8 Å². The summed E-state index contributed by atoms with van der Waals surface area (Å²) in [4.78, 5) is 0. The van der Waals surface area contributed by atoms with Crippen LogP contribution in [0.2, 0.25) is 0 Å². The summed E-state index contributed by atoms with van der Waals surface area (Å²) in [6, 6.07) is 0. The molecule has 2 nitrogen and oxygen atoms in total. The molecular formula is C9H21NO. The predicted molar refractivity (Wildman–Crippen MR) is 48.5 cm³/mol. The Morgan fingerprint density at radius 2 is 2.00 bits per heavy atom. The van der Waals surface area contributed by atoms with Gasteiger partial charge in [0.05, 0.1) is 5.60 Å².